The molecule has 1 saturated heterocycles. The maximum atomic E-state index is 12.4. The van der Waals surface area contributed by atoms with Crippen LogP contribution in [0.3, 0.4) is 0 Å². The van der Waals surface area contributed by atoms with E-state index in [4.69, 9.17) is 10.5 Å². The number of nitrogens with zero attached hydrogens (tertiary/aromatic N) is 1. The third-order valence-corrected chi connectivity index (χ3v) is 4.33. The molecule has 3 N–H and O–H groups in total. The van der Waals surface area contributed by atoms with Gasteiger partial charge in [0.15, 0.2) is 0 Å². The zero-order valence-corrected chi connectivity index (χ0v) is 14.6. The molecule has 0 aromatic heterocycles. The summed E-state index contributed by atoms with van der Waals surface area (Å²) in [6.45, 7) is 2.38. The predicted octanol–water partition coefficient (Wildman–Crippen LogP) is 2.31. The van der Waals surface area contributed by atoms with Gasteiger partial charge in [0.25, 0.3) is 5.91 Å². The van der Waals surface area contributed by atoms with Crippen LogP contribution in [-0.2, 0) is 16.0 Å². The minimum absolute atomic E-state index is 0.00507. The fraction of sp³-hybridized carbons (Fsp3) is 0.300. The summed E-state index contributed by atoms with van der Waals surface area (Å²) in [5, 5.41) is 2.86. The van der Waals surface area contributed by atoms with E-state index < -0.39 is 0 Å². The van der Waals surface area contributed by atoms with Gasteiger partial charge in [-0.15, -0.1) is 0 Å². The third kappa shape index (κ3) is 4.83. The Bertz CT molecular complexity index is 751. The summed E-state index contributed by atoms with van der Waals surface area (Å²) in [5.41, 5.74) is 8.74. The number of carbonyl (C=O) groups excluding carboxylic acids is 2. The Morgan fingerprint density at radius 1 is 1.00 bits per heavy atom. The Balaban J connectivity index is 1.50. The topological polar surface area (TPSA) is 84.7 Å². The number of nitrogen functional groups attached to an aromatic ring is 1. The standard InChI is InChI=1S/C20H23N3O3/c21-17-6-1-15(2-7-17)3-10-19(24)22-18-8-4-16(5-9-18)20(25)23-11-13-26-14-12-23/h1-2,4-9H,3,10-14,21H2,(H,22,24). The van der Waals surface area contributed by atoms with Crippen molar-refractivity contribution in [1.29, 1.82) is 0 Å². The van der Waals surface area contributed by atoms with Gasteiger partial charge in [-0.05, 0) is 48.4 Å². The van der Waals surface area contributed by atoms with Crippen molar-refractivity contribution in [2.75, 3.05) is 37.4 Å². The van der Waals surface area contributed by atoms with Crippen molar-refractivity contribution in [1.82, 2.24) is 4.90 Å². The third-order valence-electron chi connectivity index (χ3n) is 4.33. The molecule has 0 saturated carbocycles. The number of anilines is 2. The Morgan fingerprint density at radius 3 is 2.31 bits per heavy atom. The van der Waals surface area contributed by atoms with Crippen LogP contribution in [0.4, 0.5) is 11.4 Å². The molecule has 1 heterocycles. The van der Waals surface area contributed by atoms with Gasteiger partial charge in [0.05, 0.1) is 13.2 Å². The lowest BCUT2D eigenvalue weighted by molar-refractivity contribution is -0.116. The van der Waals surface area contributed by atoms with Gasteiger partial charge in [0, 0.05) is 36.4 Å². The number of ether oxygens (including phenoxy) is 1. The van der Waals surface area contributed by atoms with E-state index in [1.807, 2.05) is 24.3 Å². The summed E-state index contributed by atoms with van der Waals surface area (Å²) in [6.07, 6.45) is 1.04. The number of hydrogen-bond acceptors (Lipinski definition) is 4. The second-order valence-electron chi connectivity index (χ2n) is 6.27. The number of nitrogens with two attached hydrogens (primary N) is 1. The molecule has 1 aliphatic heterocycles. The summed E-state index contributed by atoms with van der Waals surface area (Å²) in [5.74, 6) is -0.0661. The molecule has 0 aliphatic carbocycles. The molecule has 0 unspecified atom stereocenters. The number of benzene rings is 2. The molecule has 2 amide bonds. The Labute approximate surface area is 152 Å². The number of amides is 2. The van der Waals surface area contributed by atoms with Crippen LogP contribution >= 0.6 is 0 Å². The van der Waals surface area contributed by atoms with Crippen molar-refractivity contribution in [3.63, 3.8) is 0 Å². The van der Waals surface area contributed by atoms with E-state index in [1.165, 1.54) is 0 Å². The molecule has 6 nitrogen and oxygen atoms in total. The van der Waals surface area contributed by atoms with E-state index in [1.54, 1.807) is 29.2 Å². The lowest BCUT2D eigenvalue weighted by atomic mass is 10.1. The number of aryl methyl sites for hydroxylation is 1. The molecule has 2 aromatic carbocycles. The van der Waals surface area contributed by atoms with Crippen LogP contribution in [0.15, 0.2) is 48.5 Å². The van der Waals surface area contributed by atoms with E-state index >= 15 is 0 Å². The van der Waals surface area contributed by atoms with Crippen molar-refractivity contribution in [3.05, 3.63) is 59.7 Å². The predicted molar refractivity (Wildman–Crippen MR) is 101 cm³/mol. The van der Waals surface area contributed by atoms with Crippen molar-refractivity contribution in [2.45, 2.75) is 12.8 Å². The smallest absolute Gasteiger partial charge is 0.254 e. The average molecular weight is 353 g/mol. The highest BCUT2D eigenvalue weighted by atomic mass is 16.5. The minimum atomic E-state index is -0.0610. The van der Waals surface area contributed by atoms with Gasteiger partial charge >= 0.3 is 0 Å². The van der Waals surface area contributed by atoms with Crippen LogP contribution in [0, 0.1) is 0 Å². The Hall–Kier alpha value is -2.86. The maximum absolute atomic E-state index is 12.4. The van der Waals surface area contributed by atoms with Gasteiger partial charge in [0.1, 0.15) is 0 Å². The fourth-order valence-corrected chi connectivity index (χ4v) is 2.81. The monoisotopic (exact) mass is 353 g/mol. The van der Waals surface area contributed by atoms with Crippen LogP contribution < -0.4 is 11.1 Å². The minimum Gasteiger partial charge on any atom is -0.399 e. The number of carbonyl (C=O) groups is 2. The molecule has 1 aliphatic rings. The van der Waals surface area contributed by atoms with Gasteiger partial charge in [-0.25, -0.2) is 0 Å². The molecule has 6 heteroatoms. The zero-order chi connectivity index (χ0) is 18.4. The van der Waals surface area contributed by atoms with E-state index in [0.717, 1.165) is 5.56 Å². The summed E-state index contributed by atoms with van der Waals surface area (Å²) >= 11 is 0. The van der Waals surface area contributed by atoms with Gasteiger partial charge in [-0.2, -0.15) is 0 Å². The first-order chi connectivity index (χ1) is 12.6. The first-order valence-electron chi connectivity index (χ1n) is 8.73. The van der Waals surface area contributed by atoms with Gasteiger partial charge in [0.2, 0.25) is 5.91 Å². The molecule has 3 rings (SSSR count). The molecular weight excluding hydrogens is 330 g/mol. The van der Waals surface area contributed by atoms with E-state index in [0.29, 0.717) is 56.1 Å². The summed E-state index contributed by atoms with van der Waals surface area (Å²) in [4.78, 5) is 26.3. The van der Waals surface area contributed by atoms with Crippen molar-refractivity contribution < 1.29 is 14.3 Å². The second kappa shape index (κ2) is 8.49. The molecule has 26 heavy (non-hydrogen) atoms. The van der Waals surface area contributed by atoms with E-state index in [9.17, 15) is 9.59 Å². The quantitative estimate of drug-likeness (QED) is 0.808. The molecular formula is C20H23N3O3. The lowest BCUT2D eigenvalue weighted by Gasteiger charge is -2.26. The van der Waals surface area contributed by atoms with Crippen LogP contribution in [0.1, 0.15) is 22.3 Å². The average Bonchev–Trinajstić information content (AvgIpc) is 2.68. The maximum Gasteiger partial charge on any atom is 0.254 e. The summed E-state index contributed by atoms with van der Waals surface area (Å²) < 4.78 is 5.26. The molecule has 0 atom stereocenters. The van der Waals surface area contributed by atoms with E-state index in [-0.39, 0.29) is 11.8 Å². The number of morpholine rings is 1. The molecule has 136 valence electrons. The summed E-state index contributed by atoms with van der Waals surface area (Å²) in [7, 11) is 0. The van der Waals surface area contributed by atoms with Crippen LogP contribution in [0.25, 0.3) is 0 Å². The molecule has 0 spiro atoms. The number of hydrogen-bond donors (Lipinski definition) is 2. The van der Waals surface area contributed by atoms with Crippen LogP contribution in [0.2, 0.25) is 0 Å². The van der Waals surface area contributed by atoms with Crippen molar-refractivity contribution >= 4 is 23.2 Å². The lowest BCUT2D eigenvalue weighted by Crippen LogP contribution is -2.40. The Morgan fingerprint density at radius 2 is 1.65 bits per heavy atom. The largest absolute Gasteiger partial charge is 0.399 e. The zero-order valence-electron chi connectivity index (χ0n) is 14.6. The first-order valence-corrected chi connectivity index (χ1v) is 8.73. The highest BCUT2D eigenvalue weighted by Gasteiger charge is 2.18. The molecule has 1 fully saturated rings. The first kappa shape index (κ1) is 17.9. The SMILES string of the molecule is Nc1ccc(CCC(=O)Nc2ccc(C(=O)N3CCOCC3)cc2)cc1. The molecule has 0 bridgehead atoms. The van der Waals surface area contributed by atoms with Crippen LogP contribution in [-0.4, -0.2) is 43.0 Å². The van der Waals surface area contributed by atoms with E-state index in [2.05, 4.69) is 5.32 Å². The highest BCUT2D eigenvalue weighted by Crippen LogP contribution is 2.14. The van der Waals surface area contributed by atoms with Crippen molar-refractivity contribution in [3.8, 4) is 0 Å². The number of rotatable bonds is 5. The number of nitrogens with one attached hydrogen (secondary N) is 1. The fourth-order valence-electron chi connectivity index (χ4n) is 2.81. The Kier molecular flexibility index (Phi) is 5.86. The van der Waals surface area contributed by atoms with Crippen LogP contribution in [0.5, 0.6) is 0 Å². The van der Waals surface area contributed by atoms with Gasteiger partial charge in [-0.3, -0.25) is 9.59 Å². The highest BCUT2D eigenvalue weighted by molar-refractivity contribution is 5.96. The van der Waals surface area contributed by atoms with Gasteiger partial charge in [-0.1, -0.05) is 12.1 Å². The molecule has 0 radical (unpaired) electrons. The van der Waals surface area contributed by atoms with Crippen molar-refractivity contribution in [2.24, 2.45) is 0 Å². The summed E-state index contributed by atoms with van der Waals surface area (Å²) in [6, 6.07) is 14.5. The second-order valence-corrected chi connectivity index (χ2v) is 6.27. The normalized spacial score (nSPS) is 14.1. The van der Waals surface area contributed by atoms with Gasteiger partial charge < -0.3 is 20.7 Å². The molecule has 2 aromatic rings.